The van der Waals surface area contributed by atoms with E-state index < -0.39 is 0 Å². The number of halogens is 1. The average molecular weight is 325 g/mol. The third kappa shape index (κ3) is 4.49. The molecule has 2 N–H and O–H groups in total. The minimum absolute atomic E-state index is 0.476. The van der Waals surface area contributed by atoms with Crippen molar-refractivity contribution in [3.63, 3.8) is 0 Å². The lowest BCUT2D eigenvalue weighted by Gasteiger charge is -2.12. The number of para-hydroxylation sites is 1. The summed E-state index contributed by atoms with van der Waals surface area (Å²) >= 11 is 10.2. The number of rotatable bonds is 7. The molecule has 5 nitrogen and oxygen atoms in total. The van der Waals surface area contributed by atoms with Crippen LogP contribution in [0.25, 0.3) is 0 Å². The Kier molecular flexibility index (Phi) is 6.10. The standard InChI is InChI=1S/C14H17ClN4OS/c1-20-9-10-4-2-3-5-12(10)18-14-17-8-11(15)13(19-14)16-6-7-21/h2-5,8,21H,6-7,9H2,1H3,(H2,16,17,18,19). The Morgan fingerprint density at radius 3 is 2.90 bits per heavy atom. The van der Waals surface area contributed by atoms with E-state index in [0.717, 1.165) is 11.3 Å². The summed E-state index contributed by atoms with van der Waals surface area (Å²) in [5.41, 5.74) is 1.94. The second kappa shape index (κ2) is 8.07. The Hall–Kier alpha value is -1.50. The van der Waals surface area contributed by atoms with Crippen molar-refractivity contribution in [2.24, 2.45) is 0 Å². The fraction of sp³-hybridized carbons (Fsp3) is 0.286. The van der Waals surface area contributed by atoms with Gasteiger partial charge in [-0.3, -0.25) is 0 Å². The molecular weight excluding hydrogens is 308 g/mol. The quantitative estimate of drug-likeness (QED) is 0.682. The molecule has 0 saturated carbocycles. The molecule has 0 fully saturated rings. The van der Waals surface area contributed by atoms with Crippen molar-refractivity contribution < 1.29 is 4.74 Å². The lowest BCUT2D eigenvalue weighted by Crippen LogP contribution is -2.07. The monoisotopic (exact) mass is 324 g/mol. The maximum absolute atomic E-state index is 6.06. The highest BCUT2D eigenvalue weighted by atomic mass is 35.5. The van der Waals surface area contributed by atoms with E-state index >= 15 is 0 Å². The molecule has 0 aliphatic rings. The summed E-state index contributed by atoms with van der Waals surface area (Å²) < 4.78 is 5.18. The molecule has 21 heavy (non-hydrogen) atoms. The van der Waals surface area contributed by atoms with Gasteiger partial charge in [-0.2, -0.15) is 17.6 Å². The molecule has 2 rings (SSSR count). The van der Waals surface area contributed by atoms with Crippen LogP contribution in [0.5, 0.6) is 0 Å². The van der Waals surface area contributed by atoms with E-state index in [0.29, 0.717) is 35.7 Å². The van der Waals surface area contributed by atoms with Gasteiger partial charge in [-0.1, -0.05) is 29.8 Å². The highest BCUT2D eigenvalue weighted by Gasteiger charge is 2.07. The van der Waals surface area contributed by atoms with E-state index in [9.17, 15) is 0 Å². The molecule has 0 unspecified atom stereocenters. The minimum Gasteiger partial charge on any atom is -0.380 e. The fourth-order valence-corrected chi connectivity index (χ4v) is 2.04. The lowest BCUT2D eigenvalue weighted by atomic mass is 10.2. The van der Waals surface area contributed by atoms with Crippen LogP contribution in [-0.4, -0.2) is 29.4 Å². The molecule has 0 aliphatic carbocycles. The Labute approximate surface area is 134 Å². The Morgan fingerprint density at radius 2 is 2.14 bits per heavy atom. The maximum atomic E-state index is 6.06. The average Bonchev–Trinajstić information content (AvgIpc) is 2.50. The van der Waals surface area contributed by atoms with Crippen LogP contribution in [0, 0.1) is 0 Å². The Balaban J connectivity index is 2.19. The van der Waals surface area contributed by atoms with Gasteiger partial charge >= 0.3 is 0 Å². The van der Waals surface area contributed by atoms with Gasteiger partial charge in [0.05, 0.1) is 12.8 Å². The van der Waals surface area contributed by atoms with Gasteiger partial charge in [0.15, 0.2) is 5.82 Å². The fourth-order valence-electron chi connectivity index (χ4n) is 1.77. The van der Waals surface area contributed by atoms with Crippen LogP contribution in [-0.2, 0) is 11.3 Å². The molecule has 1 heterocycles. The number of thiol groups is 1. The van der Waals surface area contributed by atoms with E-state index in [4.69, 9.17) is 16.3 Å². The molecule has 0 saturated heterocycles. The first kappa shape index (κ1) is 15.9. The smallest absolute Gasteiger partial charge is 0.229 e. The van der Waals surface area contributed by atoms with Crippen molar-refractivity contribution in [2.75, 3.05) is 30.0 Å². The van der Waals surface area contributed by atoms with Gasteiger partial charge in [-0.25, -0.2) is 4.98 Å². The SMILES string of the molecule is COCc1ccccc1Nc1ncc(Cl)c(NCCS)n1. The second-order valence-electron chi connectivity index (χ2n) is 4.26. The van der Waals surface area contributed by atoms with Crippen LogP contribution in [0.2, 0.25) is 5.02 Å². The number of nitrogens with one attached hydrogen (secondary N) is 2. The summed E-state index contributed by atoms with van der Waals surface area (Å²) in [5.74, 6) is 1.76. The van der Waals surface area contributed by atoms with Gasteiger partial charge in [-0.15, -0.1) is 0 Å². The van der Waals surface area contributed by atoms with Gasteiger partial charge in [-0.05, 0) is 6.07 Å². The first-order chi connectivity index (χ1) is 10.2. The number of ether oxygens (including phenoxy) is 1. The van der Waals surface area contributed by atoms with E-state index in [1.165, 1.54) is 0 Å². The van der Waals surface area contributed by atoms with Crippen molar-refractivity contribution in [2.45, 2.75) is 6.61 Å². The summed E-state index contributed by atoms with van der Waals surface area (Å²) in [6, 6.07) is 7.84. The predicted octanol–water partition coefficient (Wildman–Crippen LogP) is 3.36. The van der Waals surface area contributed by atoms with Crippen molar-refractivity contribution >= 4 is 41.7 Å². The van der Waals surface area contributed by atoms with Crippen molar-refractivity contribution in [1.29, 1.82) is 0 Å². The summed E-state index contributed by atoms with van der Waals surface area (Å²) in [7, 11) is 1.66. The Morgan fingerprint density at radius 1 is 1.33 bits per heavy atom. The van der Waals surface area contributed by atoms with Crippen molar-refractivity contribution in [1.82, 2.24) is 9.97 Å². The number of nitrogens with zero attached hydrogens (tertiary/aromatic N) is 2. The van der Waals surface area contributed by atoms with Crippen LogP contribution >= 0.6 is 24.2 Å². The molecule has 112 valence electrons. The first-order valence-corrected chi connectivity index (χ1v) is 7.46. The molecule has 1 aromatic heterocycles. The molecule has 0 amide bonds. The number of hydrogen-bond acceptors (Lipinski definition) is 6. The summed E-state index contributed by atoms with van der Waals surface area (Å²) in [4.78, 5) is 8.56. The van der Waals surface area contributed by atoms with Gasteiger partial charge < -0.3 is 15.4 Å². The zero-order valence-electron chi connectivity index (χ0n) is 11.6. The number of aromatic nitrogens is 2. The van der Waals surface area contributed by atoms with Gasteiger partial charge in [0.2, 0.25) is 5.95 Å². The molecule has 1 aromatic carbocycles. The molecule has 2 aromatic rings. The van der Waals surface area contributed by atoms with Crippen LogP contribution in [0.3, 0.4) is 0 Å². The van der Waals surface area contributed by atoms with E-state index in [1.54, 1.807) is 13.3 Å². The van der Waals surface area contributed by atoms with Gasteiger partial charge in [0.25, 0.3) is 0 Å². The molecule has 0 bridgehead atoms. The van der Waals surface area contributed by atoms with E-state index in [2.05, 4.69) is 33.2 Å². The topological polar surface area (TPSA) is 59.1 Å². The first-order valence-electron chi connectivity index (χ1n) is 6.45. The van der Waals surface area contributed by atoms with Crippen molar-refractivity contribution in [3.8, 4) is 0 Å². The summed E-state index contributed by atoms with van der Waals surface area (Å²) in [6.45, 7) is 1.20. The second-order valence-corrected chi connectivity index (χ2v) is 5.11. The number of hydrogen-bond donors (Lipinski definition) is 3. The molecular formula is C14H17ClN4OS. The van der Waals surface area contributed by atoms with Gasteiger partial charge in [0, 0.05) is 30.7 Å². The van der Waals surface area contributed by atoms with E-state index in [1.807, 2.05) is 24.3 Å². The zero-order valence-corrected chi connectivity index (χ0v) is 13.3. The van der Waals surface area contributed by atoms with Crippen LogP contribution < -0.4 is 10.6 Å². The van der Waals surface area contributed by atoms with Crippen molar-refractivity contribution in [3.05, 3.63) is 41.0 Å². The number of benzene rings is 1. The predicted molar refractivity (Wildman–Crippen MR) is 89.8 cm³/mol. The highest BCUT2D eigenvalue weighted by molar-refractivity contribution is 7.80. The molecule has 0 radical (unpaired) electrons. The lowest BCUT2D eigenvalue weighted by molar-refractivity contribution is 0.185. The number of methoxy groups -OCH3 is 1. The Bertz CT molecular complexity index is 597. The third-order valence-corrected chi connectivity index (χ3v) is 3.21. The van der Waals surface area contributed by atoms with Gasteiger partial charge in [0.1, 0.15) is 5.02 Å². The largest absolute Gasteiger partial charge is 0.380 e. The normalized spacial score (nSPS) is 10.4. The molecule has 0 aliphatic heterocycles. The molecule has 7 heteroatoms. The minimum atomic E-state index is 0.476. The van der Waals surface area contributed by atoms with Crippen LogP contribution in [0.1, 0.15) is 5.56 Å². The number of anilines is 3. The summed E-state index contributed by atoms with van der Waals surface area (Å²) in [6.07, 6.45) is 1.57. The maximum Gasteiger partial charge on any atom is 0.229 e. The third-order valence-electron chi connectivity index (χ3n) is 2.71. The highest BCUT2D eigenvalue weighted by Crippen LogP contribution is 2.23. The molecule has 0 atom stereocenters. The van der Waals surface area contributed by atoms with Crippen LogP contribution in [0.15, 0.2) is 30.5 Å². The summed E-state index contributed by atoms with van der Waals surface area (Å²) in [5, 5.41) is 6.77. The van der Waals surface area contributed by atoms with Crippen LogP contribution in [0.4, 0.5) is 17.5 Å². The van der Waals surface area contributed by atoms with E-state index in [-0.39, 0.29) is 0 Å². The molecule has 0 spiro atoms. The zero-order chi connectivity index (χ0) is 15.1.